The minimum Gasteiger partial charge on any atom is -0.295 e. The molecule has 48 valence electrons. The molecule has 0 aromatic heterocycles. The number of carbonyl (C=O) groups is 2. The van der Waals surface area contributed by atoms with Crippen molar-refractivity contribution < 1.29 is 9.59 Å². The molecular formula is C7H8O2. The van der Waals surface area contributed by atoms with Crippen molar-refractivity contribution in [1.82, 2.24) is 0 Å². The summed E-state index contributed by atoms with van der Waals surface area (Å²) in [4.78, 5) is 20.5. The van der Waals surface area contributed by atoms with E-state index < -0.39 is 0 Å². The van der Waals surface area contributed by atoms with Gasteiger partial charge in [-0.2, -0.15) is 0 Å². The van der Waals surface area contributed by atoms with E-state index in [-0.39, 0.29) is 11.6 Å². The van der Waals surface area contributed by atoms with E-state index in [1.807, 2.05) is 0 Å². The lowest BCUT2D eigenvalue weighted by Crippen LogP contribution is -1.86. The number of ketones is 2. The highest BCUT2D eigenvalue weighted by Gasteiger charge is 1.85. The molecule has 0 atom stereocenters. The smallest absolute Gasteiger partial charge is 0.178 e. The Labute approximate surface area is 53.9 Å². The Morgan fingerprint density at radius 1 is 1.33 bits per heavy atom. The van der Waals surface area contributed by atoms with Crippen LogP contribution in [0.15, 0.2) is 24.8 Å². The molecule has 0 saturated heterocycles. The lowest BCUT2D eigenvalue weighted by molar-refractivity contribution is -0.113. The highest BCUT2D eigenvalue weighted by molar-refractivity contribution is 6.03. The minimum absolute atomic E-state index is 0.134. The highest BCUT2D eigenvalue weighted by Crippen LogP contribution is 1.78. The Bertz CT molecular complexity index is 166. The van der Waals surface area contributed by atoms with Gasteiger partial charge in [0.2, 0.25) is 0 Å². The van der Waals surface area contributed by atoms with Crippen molar-refractivity contribution in [2.75, 3.05) is 0 Å². The van der Waals surface area contributed by atoms with E-state index in [9.17, 15) is 9.59 Å². The van der Waals surface area contributed by atoms with Gasteiger partial charge < -0.3 is 0 Å². The van der Waals surface area contributed by atoms with E-state index in [4.69, 9.17) is 0 Å². The largest absolute Gasteiger partial charge is 0.295 e. The first-order valence-electron chi connectivity index (χ1n) is 2.52. The number of rotatable bonds is 3. The Balaban J connectivity index is 3.85. The number of carbonyl (C=O) groups excluding carboxylic acids is 2. The second-order valence-corrected chi connectivity index (χ2v) is 1.55. The molecule has 0 fully saturated rings. The van der Waals surface area contributed by atoms with Gasteiger partial charge in [0.25, 0.3) is 0 Å². The van der Waals surface area contributed by atoms with Gasteiger partial charge in [-0.25, -0.2) is 0 Å². The van der Waals surface area contributed by atoms with Gasteiger partial charge in [-0.05, 0) is 25.2 Å². The first-order chi connectivity index (χ1) is 4.16. The van der Waals surface area contributed by atoms with Crippen LogP contribution < -0.4 is 0 Å². The van der Waals surface area contributed by atoms with Crippen LogP contribution in [0.5, 0.6) is 0 Å². The maximum Gasteiger partial charge on any atom is 0.178 e. The van der Waals surface area contributed by atoms with E-state index in [2.05, 4.69) is 6.58 Å². The summed E-state index contributed by atoms with van der Waals surface area (Å²) in [6.45, 7) is 4.61. The van der Waals surface area contributed by atoms with Crippen LogP contribution in [0.2, 0.25) is 0 Å². The average molecular weight is 124 g/mol. The molecule has 0 spiro atoms. The lowest BCUT2D eigenvalue weighted by atomic mass is 10.3. The number of hydrogen-bond donors (Lipinski definition) is 0. The molecule has 0 saturated carbocycles. The van der Waals surface area contributed by atoms with Crippen LogP contribution in [-0.2, 0) is 9.59 Å². The SMILES string of the molecule is C=CC(=O)C=CC(C)=O. The molecule has 0 aliphatic carbocycles. The molecule has 2 nitrogen and oxygen atoms in total. The summed E-state index contributed by atoms with van der Waals surface area (Å²) < 4.78 is 0. The molecular weight excluding hydrogens is 116 g/mol. The van der Waals surface area contributed by atoms with E-state index >= 15 is 0 Å². The average Bonchev–Trinajstić information content (AvgIpc) is 1.83. The van der Waals surface area contributed by atoms with Crippen LogP contribution >= 0.6 is 0 Å². The molecule has 0 aliphatic heterocycles. The third kappa shape index (κ3) is 4.68. The maximum absolute atomic E-state index is 10.4. The molecule has 0 aromatic carbocycles. The second-order valence-electron chi connectivity index (χ2n) is 1.55. The number of allylic oxidation sites excluding steroid dienone is 3. The third-order valence-corrected chi connectivity index (χ3v) is 0.683. The van der Waals surface area contributed by atoms with Gasteiger partial charge in [0.05, 0.1) is 0 Å². The quantitative estimate of drug-likeness (QED) is 0.523. The monoisotopic (exact) mass is 124 g/mol. The summed E-state index contributed by atoms with van der Waals surface area (Å²) in [5, 5.41) is 0. The minimum atomic E-state index is -0.245. The van der Waals surface area contributed by atoms with Crippen molar-refractivity contribution in [3.63, 3.8) is 0 Å². The summed E-state index contributed by atoms with van der Waals surface area (Å²) >= 11 is 0. The van der Waals surface area contributed by atoms with Crippen molar-refractivity contribution in [1.29, 1.82) is 0 Å². The molecule has 9 heavy (non-hydrogen) atoms. The topological polar surface area (TPSA) is 34.1 Å². The Morgan fingerprint density at radius 2 is 1.89 bits per heavy atom. The van der Waals surface area contributed by atoms with Gasteiger partial charge in [0.15, 0.2) is 11.6 Å². The van der Waals surface area contributed by atoms with Gasteiger partial charge in [0, 0.05) is 0 Å². The van der Waals surface area contributed by atoms with Gasteiger partial charge in [-0.15, -0.1) is 0 Å². The van der Waals surface area contributed by atoms with Crippen molar-refractivity contribution in [2.24, 2.45) is 0 Å². The van der Waals surface area contributed by atoms with E-state index in [1.54, 1.807) is 0 Å². The van der Waals surface area contributed by atoms with Crippen LogP contribution in [0.1, 0.15) is 6.92 Å². The van der Waals surface area contributed by atoms with Crippen molar-refractivity contribution >= 4 is 11.6 Å². The van der Waals surface area contributed by atoms with Gasteiger partial charge >= 0.3 is 0 Å². The lowest BCUT2D eigenvalue weighted by Gasteiger charge is -1.76. The first kappa shape index (κ1) is 7.82. The molecule has 0 heterocycles. The second kappa shape index (κ2) is 3.78. The molecule has 0 rings (SSSR count). The molecule has 0 bridgehead atoms. The van der Waals surface area contributed by atoms with Crippen LogP contribution in [0.4, 0.5) is 0 Å². The van der Waals surface area contributed by atoms with Gasteiger partial charge in [-0.1, -0.05) is 6.58 Å². The normalized spacial score (nSPS) is 9.44. The van der Waals surface area contributed by atoms with Crippen LogP contribution in [-0.4, -0.2) is 11.6 Å². The molecule has 0 unspecified atom stereocenters. The Hall–Kier alpha value is -1.18. The van der Waals surface area contributed by atoms with E-state index in [0.717, 1.165) is 6.08 Å². The van der Waals surface area contributed by atoms with E-state index in [1.165, 1.54) is 19.1 Å². The summed E-state index contributed by atoms with van der Waals surface area (Å²) in [6.07, 6.45) is 3.55. The fourth-order valence-corrected chi connectivity index (χ4v) is 0.268. The zero-order valence-electron chi connectivity index (χ0n) is 5.26. The van der Waals surface area contributed by atoms with Gasteiger partial charge in [-0.3, -0.25) is 9.59 Å². The summed E-state index contributed by atoms with van der Waals surface area (Å²) in [6, 6.07) is 0. The predicted octanol–water partition coefficient (Wildman–Crippen LogP) is 0.887. The standard InChI is InChI=1S/C7H8O2/c1-3-7(9)5-4-6(2)8/h3-5H,1H2,2H3. The zero-order chi connectivity index (χ0) is 7.28. The molecule has 2 heteroatoms. The van der Waals surface area contributed by atoms with Crippen molar-refractivity contribution in [3.05, 3.63) is 24.8 Å². The summed E-state index contributed by atoms with van der Waals surface area (Å²) in [7, 11) is 0. The van der Waals surface area contributed by atoms with E-state index in [0.29, 0.717) is 0 Å². The fourth-order valence-electron chi connectivity index (χ4n) is 0.268. The first-order valence-corrected chi connectivity index (χ1v) is 2.52. The Kier molecular flexibility index (Phi) is 3.28. The molecule has 0 radical (unpaired) electrons. The molecule has 0 amide bonds. The van der Waals surface area contributed by atoms with Crippen LogP contribution in [0, 0.1) is 0 Å². The van der Waals surface area contributed by atoms with Crippen LogP contribution in [0.3, 0.4) is 0 Å². The number of hydrogen-bond acceptors (Lipinski definition) is 2. The summed E-state index contributed by atoms with van der Waals surface area (Å²) in [5.74, 6) is -0.379. The molecule has 0 N–H and O–H groups in total. The third-order valence-electron chi connectivity index (χ3n) is 0.683. The fraction of sp³-hybridized carbons (Fsp3) is 0.143. The zero-order valence-corrected chi connectivity index (χ0v) is 5.26. The molecule has 0 aliphatic rings. The van der Waals surface area contributed by atoms with Crippen LogP contribution in [0.25, 0.3) is 0 Å². The van der Waals surface area contributed by atoms with Crippen molar-refractivity contribution in [3.8, 4) is 0 Å². The van der Waals surface area contributed by atoms with Crippen molar-refractivity contribution in [2.45, 2.75) is 6.92 Å². The molecule has 0 aromatic rings. The maximum atomic E-state index is 10.4. The summed E-state index contributed by atoms with van der Waals surface area (Å²) in [5.41, 5.74) is 0. The van der Waals surface area contributed by atoms with Gasteiger partial charge in [0.1, 0.15) is 0 Å². The highest BCUT2D eigenvalue weighted by atomic mass is 16.1. The predicted molar refractivity (Wildman–Crippen MR) is 35.0 cm³/mol. The Morgan fingerprint density at radius 3 is 2.22 bits per heavy atom.